The lowest BCUT2D eigenvalue weighted by molar-refractivity contribution is -0.139. The van der Waals surface area contributed by atoms with E-state index in [1.807, 2.05) is 0 Å². The number of carbonyl (C=O) groups is 3. The van der Waals surface area contributed by atoms with Crippen LogP contribution in [0.2, 0.25) is 0 Å². The van der Waals surface area contributed by atoms with E-state index in [1.54, 1.807) is 74.7 Å². The molecule has 0 spiro atoms. The zero-order chi connectivity index (χ0) is 33.0. The van der Waals surface area contributed by atoms with Gasteiger partial charge >= 0.3 is 12.3 Å². The van der Waals surface area contributed by atoms with Crippen LogP contribution < -0.4 is 5.32 Å². The first-order valence-electron chi connectivity index (χ1n) is 14.7. The van der Waals surface area contributed by atoms with Gasteiger partial charge in [-0.3, -0.25) is 14.5 Å². The number of anilines is 1. The summed E-state index contributed by atoms with van der Waals surface area (Å²) < 4.78 is 63.3. The summed E-state index contributed by atoms with van der Waals surface area (Å²) in [5.74, 6) is -0.916. The highest BCUT2D eigenvalue weighted by molar-refractivity contribution is 7.13. The Morgan fingerprint density at radius 1 is 1.07 bits per heavy atom. The molecule has 9 nitrogen and oxygen atoms in total. The second-order valence-corrected chi connectivity index (χ2v) is 13.2. The van der Waals surface area contributed by atoms with Crippen molar-refractivity contribution in [1.82, 2.24) is 19.4 Å². The number of hydrogen-bond donors (Lipinski definition) is 1. The molecule has 14 heteroatoms. The van der Waals surface area contributed by atoms with Crippen LogP contribution in [0.3, 0.4) is 0 Å². The number of ether oxygens (including phenoxy) is 1. The van der Waals surface area contributed by atoms with E-state index in [1.165, 1.54) is 4.90 Å². The Bertz CT molecular complexity index is 1790. The highest BCUT2D eigenvalue weighted by Crippen LogP contribution is 2.37. The molecule has 2 aromatic heterocycles. The fourth-order valence-electron chi connectivity index (χ4n) is 5.74. The Morgan fingerprint density at radius 2 is 1.76 bits per heavy atom. The minimum absolute atomic E-state index is 0.130. The molecule has 6 rings (SSSR count). The third-order valence-corrected chi connectivity index (χ3v) is 8.70. The number of benzene rings is 2. The van der Waals surface area contributed by atoms with Crippen LogP contribution in [-0.2, 0) is 17.8 Å². The molecule has 1 saturated heterocycles. The monoisotopic (exact) mass is 657 g/mol. The minimum Gasteiger partial charge on any atom is -0.444 e. The third kappa shape index (κ3) is 6.30. The Kier molecular flexibility index (Phi) is 8.03. The van der Waals surface area contributed by atoms with E-state index in [0.29, 0.717) is 27.9 Å². The number of nitrogens with one attached hydrogen (secondary N) is 1. The maximum absolute atomic E-state index is 15.3. The summed E-state index contributed by atoms with van der Waals surface area (Å²) in [6.07, 6.45) is -6.34. The first-order chi connectivity index (χ1) is 21.7. The summed E-state index contributed by atoms with van der Waals surface area (Å²) >= 11 is 1.10. The molecule has 2 aliphatic heterocycles. The number of hydrogen-bond acceptors (Lipinski definition) is 7. The van der Waals surface area contributed by atoms with E-state index in [9.17, 15) is 27.6 Å². The van der Waals surface area contributed by atoms with Gasteiger partial charge in [0.1, 0.15) is 23.3 Å². The Morgan fingerprint density at radius 3 is 2.39 bits per heavy atom. The summed E-state index contributed by atoms with van der Waals surface area (Å²) in [6, 6.07) is 12.2. The lowest BCUT2D eigenvalue weighted by Gasteiger charge is -2.36. The zero-order valence-corrected chi connectivity index (χ0v) is 26.0. The molecule has 2 aliphatic rings. The molecular weight excluding hydrogens is 626 g/mol. The molecule has 0 radical (unpaired) electrons. The van der Waals surface area contributed by atoms with Crippen LogP contribution in [0.1, 0.15) is 53.6 Å². The molecule has 0 saturated carbocycles. The molecule has 0 unspecified atom stereocenters. The molecule has 2 aromatic carbocycles. The van der Waals surface area contributed by atoms with Crippen LogP contribution in [0, 0.1) is 0 Å². The van der Waals surface area contributed by atoms with Crippen molar-refractivity contribution < 1.29 is 36.7 Å². The molecule has 4 aromatic rings. The molecule has 46 heavy (non-hydrogen) atoms. The fourth-order valence-corrected chi connectivity index (χ4v) is 6.57. The van der Waals surface area contributed by atoms with Crippen LogP contribution >= 0.6 is 11.3 Å². The van der Waals surface area contributed by atoms with Crippen LogP contribution in [0.4, 0.5) is 28.0 Å². The van der Waals surface area contributed by atoms with Crippen molar-refractivity contribution >= 4 is 45.8 Å². The number of alkyl halides is 4. The standard InChI is InChI=1S/C32H31F4N5O4S/c1-31(2,3)45-30(44)39-12-11-24(22(33)15-39)38-23-9-6-10-25-21(23)13-26(41(25)17-32(34,35)36)27-37-18(16-46-27)14-40-28(42)19-7-4-5-8-20(19)29(40)43/h4-10,13,16,22,24,38H,11-12,14-15,17H2,1-3H3/t22-,24+/m1/s1. The number of rotatable bonds is 6. The molecule has 0 bridgehead atoms. The molecule has 242 valence electrons. The largest absolute Gasteiger partial charge is 0.444 e. The zero-order valence-electron chi connectivity index (χ0n) is 25.2. The van der Waals surface area contributed by atoms with Gasteiger partial charge in [-0.15, -0.1) is 11.3 Å². The Labute approximate surface area is 265 Å². The van der Waals surface area contributed by atoms with Gasteiger partial charge in [0.05, 0.1) is 47.2 Å². The molecular formula is C32H31F4N5O4S. The average Bonchev–Trinajstić information content (AvgIpc) is 3.65. The topological polar surface area (TPSA) is 96.8 Å². The highest BCUT2D eigenvalue weighted by atomic mass is 32.1. The van der Waals surface area contributed by atoms with E-state index in [0.717, 1.165) is 20.8 Å². The van der Waals surface area contributed by atoms with E-state index >= 15 is 4.39 Å². The number of thiazole rings is 1. The summed E-state index contributed by atoms with van der Waals surface area (Å²) in [4.78, 5) is 45.0. The first kappa shape index (κ1) is 31.5. The fraction of sp³-hybridized carbons (Fsp3) is 0.375. The maximum atomic E-state index is 15.3. The van der Waals surface area contributed by atoms with E-state index in [-0.39, 0.29) is 42.3 Å². The number of carbonyl (C=O) groups excluding carboxylic acids is 3. The van der Waals surface area contributed by atoms with Crippen LogP contribution in [0.15, 0.2) is 53.9 Å². The molecule has 1 fully saturated rings. The quantitative estimate of drug-likeness (QED) is 0.179. The average molecular weight is 658 g/mol. The lowest BCUT2D eigenvalue weighted by Crippen LogP contribution is -2.51. The number of likely N-dealkylation sites (tertiary alicyclic amines) is 1. The molecule has 0 aliphatic carbocycles. The maximum Gasteiger partial charge on any atom is 0.410 e. The van der Waals surface area contributed by atoms with Crippen LogP contribution in [0.5, 0.6) is 0 Å². The van der Waals surface area contributed by atoms with Crippen molar-refractivity contribution in [2.24, 2.45) is 0 Å². The Balaban J connectivity index is 1.26. The van der Waals surface area contributed by atoms with Crippen molar-refractivity contribution in [3.05, 3.63) is 70.7 Å². The van der Waals surface area contributed by atoms with E-state index in [2.05, 4.69) is 10.3 Å². The summed E-state index contributed by atoms with van der Waals surface area (Å²) in [6.45, 7) is 3.83. The van der Waals surface area contributed by atoms with E-state index in [4.69, 9.17) is 4.74 Å². The van der Waals surface area contributed by atoms with Gasteiger partial charge < -0.3 is 19.5 Å². The molecule has 2 atom stereocenters. The normalized spacial score (nSPS) is 18.8. The van der Waals surface area contributed by atoms with Crippen molar-refractivity contribution in [1.29, 1.82) is 0 Å². The van der Waals surface area contributed by atoms with Crippen molar-refractivity contribution in [3.8, 4) is 10.7 Å². The molecule has 4 heterocycles. The third-order valence-electron chi connectivity index (χ3n) is 7.79. The van der Waals surface area contributed by atoms with Crippen LogP contribution in [-0.4, -0.2) is 74.3 Å². The summed E-state index contributed by atoms with van der Waals surface area (Å²) in [5.41, 5.74) is 1.13. The number of halogens is 4. The van der Waals surface area contributed by atoms with Gasteiger partial charge in [0, 0.05) is 23.0 Å². The summed E-state index contributed by atoms with van der Waals surface area (Å²) in [7, 11) is 0. The van der Waals surface area contributed by atoms with Gasteiger partial charge in [-0.25, -0.2) is 14.2 Å². The van der Waals surface area contributed by atoms with Gasteiger partial charge in [-0.2, -0.15) is 13.2 Å². The van der Waals surface area contributed by atoms with Gasteiger partial charge in [0.15, 0.2) is 0 Å². The number of fused-ring (bicyclic) bond motifs is 2. The van der Waals surface area contributed by atoms with Gasteiger partial charge in [0.2, 0.25) is 0 Å². The number of imide groups is 1. The smallest absolute Gasteiger partial charge is 0.410 e. The van der Waals surface area contributed by atoms with Crippen molar-refractivity contribution in [3.63, 3.8) is 0 Å². The van der Waals surface area contributed by atoms with Gasteiger partial charge in [-0.05, 0) is 57.5 Å². The van der Waals surface area contributed by atoms with Gasteiger partial charge in [-0.1, -0.05) is 18.2 Å². The molecule has 3 amide bonds. The highest BCUT2D eigenvalue weighted by Gasteiger charge is 2.37. The van der Waals surface area contributed by atoms with Crippen molar-refractivity contribution in [2.45, 2.75) is 64.3 Å². The van der Waals surface area contributed by atoms with Crippen LogP contribution in [0.25, 0.3) is 21.6 Å². The second kappa shape index (κ2) is 11.7. The number of aromatic nitrogens is 2. The Hall–Kier alpha value is -4.46. The number of amides is 3. The summed E-state index contributed by atoms with van der Waals surface area (Å²) in [5, 5.41) is 5.49. The second-order valence-electron chi connectivity index (χ2n) is 12.3. The predicted molar refractivity (Wildman–Crippen MR) is 164 cm³/mol. The molecule has 1 N–H and O–H groups in total. The SMILES string of the molecule is CC(C)(C)OC(=O)N1CC[C@H](Nc2cccc3c2cc(-c2nc(CN4C(=O)c5ccccc5C4=O)cs2)n3CC(F)(F)F)[C@H](F)C1. The number of nitrogens with zero attached hydrogens (tertiary/aromatic N) is 4. The van der Waals surface area contributed by atoms with Crippen molar-refractivity contribution in [2.75, 3.05) is 18.4 Å². The van der Waals surface area contributed by atoms with E-state index < -0.39 is 48.4 Å². The number of piperidine rings is 1. The first-order valence-corrected chi connectivity index (χ1v) is 15.5. The predicted octanol–water partition coefficient (Wildman–Crippen LogP) is 6.88. The minimum atomic E-state index is -4.55. The lowest BCUT2D eigenvalue weighted by atomic mass is 10.0. The van der Waals surface area contributed by atoms with Gasteiger partial charge in [0.25, 0.3) is 11.8 Å².